The minimum Gasteiger partial charge on any atom is -0.325 e. The summed E-state index contributed by atoms with van der Waals surface area (Å²) in [6.07, 6.45) is 0. The van der Waals surface area contributed by atoms with Gasteiger partial charge in [0, 0.05) is 20.6 Å². The highest BCUT2D eigenvalue weighted by Crippen LogP contribution is 2.69. The van der Waals surface area contributed by atoms with Gasteiger partial charge >= 0.3 is 13.3 Å². The van der Waals surface area contributed by atoms with Crippen LogP contribution in [0.4, 0.5) is 14.5 Å². The highest BCUT2D eigenvalue weighted by molar-refractivity contribution is 9.10. The van der Waals surface area contributed by atoms with Crippen LogP contribution in [0.15, 0.2) is 22.7 Å². The molecule has 4 nitrogen and oxygen atoms in total. The Morgan fingerprint density at radius 3 is 2.45 bits per heavy atom. The number of thiophene rings is 1. The van der Waals surface area contributed by atoms with Crippen LogP contribution in [0.1, 0.15) is 18.7 Å². The van der Waals surface area contributed by atoms with Gasteiger partial charge in [-0.25, -0.2) is 0 Å². The van der Waals surface area contributed by atoms with Gasteiger partial charge in [0.15, 0.2) is 0 Å². The first kappa shape index (κ1) is 18.0. The summed E-state index contributed by atoms with van der Waals surface area (Å²) >= 11 is 4.04. The lowest BCUT2D eigenvalue weighted by atomic mass is 10.2. The molecule has 1 heterocycles. The largest absolute Gasteiger partial charge is 0.405 e. The van der Waals surface area contributed by atoms with Crippen molar-refractivity contribution < 1.29 is 28.1 Å². The van der Waals surface area contributed by atoms with Crippen LogP contribution >= 0.6 is 34.9 Å². The summed E-state index contributed by atoms with van der Waals surface area (Å²) < 4.78 is 52.7. The van der Waals surface area contributed by atoms with Gasteiger partial charge in [-0.05, 0) is 41.9 Å². The van der Waals surface area contributed by atoms with Gasteiger partial charge in [-0.1, -0.05) is 0 Å². The van der Waals surface area contributed by atoms with Gasteiger partial charge in [0.2, 0.25) is 0 Å². The van der Waals surface area contributed by atoms with Gasteiger partial charge in [0.1, 0.15) is 10.6 Å². The van der Waals surface area contributed by atoms with Crippen LogP contribution in [0, 0.1) is 0 Å². The van der Waals surface area contributed by atoms with Crippen molar-refractivity contribution in [2.24, 2.45) is 0 Å². The number of rotatable bonds is 6. The van der Waals surface area contributed by atoms with Gasteiger partial charge in [-0.2, -0.15) is 8.78 Å². The second kappa shape index (κ2) is 6.63. The van der Waals surface area contributed by atoms with Crippen LogP contribution in [-0.2, 0) is 19.3 Å². The molecule has 9 heteroatoms. The predicted octanol–water partition coefficient (Wildman–Crippen LogP) is 4.85. The lowest BCUT2D eigenvalue weighted by molar-refractivity contribution is -0.254. The second-order valence-corrected chi connectivity index (χ2v) is 8.37. The minimum absolute atomic E-state index is 0.127. The third kappa shape index (κ3) is 3.00. The molecule has 22 heavy (non-hydrogen) atoms. The van der Waals surface area contributed by atoms with Crippen LogP contribution in [-0.4, -0.2) is 13.2 Å². The zero-order chi connectivity index (χ0) is 16.5. The Labute approximate surface area is 139 Å². The first-order valence-electron chi connectivity index (χ1n) is 6.58. The van der Waals surface area contributed by atoms with E-state index in [1.54, 1.807) is 18.2 Å². The van der Waals surface area contributed by atoms with Crippen molar-refractivity contribution in [3.05, 3.63) is 27.5 Å². The minimum atomic E-state index is -4.61. The van der Waals surface area contributed by atoms with E-state index in [0.717, 1.165) is 11.3 Å². The predicted molar refractivity (Wildman–Crippen MR) is 86.8 cm³/mol. The highest BCUT2D eigenvalue weighted by atomic mass is 79.9. The molecule has 1 aromatic heterocycles. The third-order valence-corrected chi connectivity index (χ3v) is 7.48. The lowest BCUT2D eigenvalue weighted by Gasteiger charge is -2.25. The van der Waals surface area contributed by atoms with Crippen LogP contribution in [0.2, 0.25) is 0 Å². The van der Waals surface area contributed by atoms with E-state index < -0.39 is 13.3 Å². The Morgan fingerprint density at radius 2 is 1.91 bits per heavy atom. The fourth-order valence-corrected chi connectivity index (χ4v) is 6.03. The average Bonchev–Trinajstić information content (AvgIpc) is 2.76. The molecule has 0 unspecified atom stereocenters. The van der Waals surface area contributed by atoms with Crippen molar-refractivity contribution in [1.29, 1.82) is 0 Å². The molecular weight excluding hydrogens is 399 g/mol. The fourth-order valence-electron chi connectivity index (χ4n) is 1.97. The summed E-state index contributed by atoms with van der Waals surface area (Å²) in [7, 11) is -4.61. The molecular formula is C13H16BrF2NO3PS+. The Hall–Kier alpha value is -0.370. The maximum Gasteiger partial charge on any atom is 0.405 e. The summed E-state index contributed by atoms with van der Waals surface area (Å²) in [5.74, 6) is 0. The Morgan fingerprint density at radius 1 is 1.32 bits per heavy atom. The molecule has 0 bridgehead atoms. The van der Waals surface area contributed by atoms with E-state index in [1.165, 1.54) is 13.8 Å². The first-order chi connectivity index (χ1) is 10.3. The molecule has 2 aromatic rings. The monoisotopic (exact) mass is 414 g/mol. The average molecular weight is 415 g/mol. The number of fused-ring (bicyclic) bond motifs is 1. The SMILES string of the molecule is CCOP(=O)(OCC)C(F)(F)c1sc2cc([NH3+])ccc2c1Br. The summed E-state index contributed by atoms with van der Waals surface area (Å²) in [6, 6.07) is 5.13. The summed E-state index contributed by atoms with van der Waals surface area (Å²) in [5.41, 5.74) is 0.762. The van der Waals surface area contributed by atoms with E-state index in [1.807, 2.05) is 0 Å². The molecule has 0 aliphatic heterocycles. The van der Waals surface area contributed by atoms with Crippen molar-refractivity contribution in [2.45, 2.75) is 19.5 Å². The molecule has 0 amide bonds. The number of alkyl halides is 2. The standard InChI is InChI=1S/C13H15BrF2NO3PS/c1-3-19-21(18,20-4-2)13(15,16)12-11(14)9-6-5-8(17)7-10(9)22-12/h5-7H,3-4,17H2,1-2H3/p+1. The smallest absolute Gasteiger partial charge is 0.325 e. The van der Waals surface area contributed by atoms with Gasteiger partial charge in [0.25, 0.3) is 0 Å². The molecule has 0 aliphatic carbocycles. The first-order valence-corrected chi connectivity index (χ1v) is 9.73. The molecule has 0 fully saturated rings. The van der Waals surface area contributed by atoms with E-state index in [-0.39, 0.29) is 22.6 Å². The summed E-state index contributed by atoms with van der Waals surface area (Å²) in [6.45, 7) is 2.74. The molecule has 2 rings (SSSR count). The number of hydrogen-bond acceptors (Lipinski definition) is 4. The van der Waals surface area contributed by atoms with E-state index >= 15 is 0 Å². The number of hydrogen-bond donors (Lipinski definition) is 1. The summed E-state index contributed by atoms with van der Waals surface area (Å²) in [4.78, 5) is -0.363. The molecule has 0 radical (unpaired) electrons. The Kier molecular flexibility index (Phi) is 5.42. The highest BCUT2D eigenvalue weighted by Gasteiger charge is 2.57. The van der Waals surface area contributed by atoms with E-state index in [2.05, 4.69) is 21.7 Å². The van der Waals surface area contributed by atoms with E-state index in [9.17, 15) is 13.3 Å². The van der Waals surface area contributed by atoms with Gasteiger partial charge in [-0.3, -0.25) is 4.57 Å². The van der Waals surface area contributed by atoms with Crippen molar-refractivity contribution in [2.75, 3.05) is 13.2 Å². The lowest BCUT2D eigenvalue weighted by Crippen LogP contribution is -2.39. The topological polar surface area (TPSA) is 63.2 Å². The van der Waals surface area contributed by atoms with Crippen molar-refractivity contribution in [3.8, 4) is 0 Å². The van der Waals surface area contributed by atoms with Gasteiger partial charge in [0.05, 0.1) is 13.2 Å². The number of halogens is 3. The Bertz CT molecular complexity index is 727. The van der Waals surface area contributed by atoms with Crippen LogP contribution in [0.5, 0.6) is 0 Å². The third-order valence-electron chi connectivity index (χ3n) is 2.91. The van der Waals surface area contributed by atoms with Crippen molar-refractivity contribution in [1.82, 2.24) is 0 Å². The maximum atomic E-state index is 14.8. The van der Waals surface area contributed by atoms with Gasteiger partial charge < -0.3 is 14.8 Å². The van der Waals surface area contributed by atoms with E-state index in [0.29, 0.717) is 15.8 Å². The quantitative estimate of drug-likeness (QED) is 0.686. The summed E-state index contributed by atoms with van der Waals surface area (Å²) in [5, 5.41) is 0.617. The van der Waals surface area contributed by atoms with Crippen LogP contribution in [0.3, 0.4) is 0 Å². The van der Waals surface area contributed by atoms with Crippen LogP contribution in [0.25, 0.3) is 10.1 Å². The molecule has 0 saturated carbocycles. The van der Waals surface area contributed by atoms with Gasteiger partial charge in [-0.15, -0.1) is 11.3 Å². The second-order valence-electron chi connectivity index (χ2n) is 4.45. The van der Waals surface area contributed by atoms with Crippen LogP contribution < -0.4 is 5.73 Å². The molecule has 0 atom stereocenters. The zero-order valence-corrected chi connectivity index (χ0v) is 15.4. The van der Waals surface area contributed by atoms with E-state index in [4.69, 9.17) is 9.05 Å². The Balaban J connectivity index is 2.61. The fraction of sp³-hybridized carbons (Fsp3) is 0.385. The number of quaternary nitrogens is 1. The zero-order valence-electron chi connectivity index (χ0n) is 12.1. The maximum absolute atomic E-state index is 14.8. The molecule has 3 N–H and O–H groups in total. The molecule has 1 aromatic carbocycles. The molecule has 0 aliphatic rings. The normalized spacial score (nSPS) is 13.0. The molecule has 122 valence electrons. The van der Waals surface area contributed by atoms with Crippen molar-refractivity contribution >= 4 is 50.6 Å². The van der Waals surface area contributed by atoms with Crippen molar-refractivity contribution in [3.63, 3.8) is 0 Å². The molecule has 0 saturated heterocycles. The molecule has 0 spiro atoms. The number of benzene rings is 1.